The summed E-state index contributed by atoms with van der Waals surface area (Å²) in [6.45, 7) is 3.03. The molecule has 0 aliphatic carbocycles. The lowest BCUT2D eigenvalue weighted by Gasteiger charge is -2.24. The largest absolute Gasteiger partial charge is 0.494 e. The van der Waals surface area contributed by atoms with Crippen LogP contribution >= 0.6 is 0 Å². The lowest BCUT2D eigenvalue weighted by atomic mass is 9.94. The van der Waals surface area contributed by atoms with Gasteiger partial charge < -0.3 is 19.6 Å². The molecule has 41 heavy (non-hydrogen) atoms. The van der Waals surface area contributed by atoms with Gasteiger partial charge in [-0.05, 0) is 72.0 Å². The Morgan fingerprint density at radius 1 is 1.10 bits per heavy atom. The number of pyridine rings is 1. The summed E-state index contributed by atoms with van der Waals surface area (Å²) < 4.78 is 50.7. The molecule has 1 atom stereocenters. The van der Waals surface area contributed by atoms with Crippen LogP contribution in [0.1, 0.15) is 40.7 Å². The fraction of sp³-hybridized carbons (Fsp3) is 0.367. The van der Waals surface area contributed by atoms with Gasteiger partial charge in [0.2, 0.25) is 5.91 Å². The van der Waals surface area contributed by atoms with Crippen molar-refractivity contribution in [2.75, 3.05) is 20.3 Å². The summed E-state index contributed by atoms with van der Waals surface area (Å²) in [6.07, 6.45) is -2.10. The molecule has 1 N–H and O–H groups in total. The van der Waals surface area contributed by atoms with Crippen LogP contribution < -0.4 is 10.2 Å². The summed E-state index contributed by atoms with van der Waals surface area (Å²) in [5, 5.41) is 9.86. The molecule has 0 fully saturated rings. The topological polar surface area (TPSA) is 93.4 Å². The molecular weight excluding hydrogens is 539 g/mol. The van der Waals surface area contributed by atoms with E-state index in [9.17, 15) is 28.0 Å². The molecule has 0 unspecified atom stereocenters. The molecular formula is C30H32F3N3O5. The van der Waals surface area contributed by atoms with Crippen LogP contribution in [0.5, 0.6) is 5.75 Å². The number of methoxy groups -OCH3 is 1. The maximum Gasteiger partial charge on any atom is 0.416 e. The van der Waals surface area contributed by atoms with Crippen molar-refractivity contribution < 1.29 is 37.4 Å². The minimum atomic E-state index is -4.45. The van der Waals surface area contributed by atoms with Crippen LogP contribution in [-0.4, -0.2) is 47.0 Å². The number of carbonyl (C=O) groups is 2. The monoisotopic (exact) mass is 571 g/mol. The highest BCUT2D eigenvalue weighted by Gasteiger charge is 2.33. The van der Waals surface area contributed by atoms with Crippen molar-refractivity contribution in [3.63, 3.8) is 0 Å². The van der Waals surface area contributed by atoms with Gasteiger partial charge >= 0.3 is 12.1 Å². The zero-order valence-electron chi connectivity index (χ0n) is 22.9. The first-order valence-electron chi connectivity index (χ1n) is 13.2. The van der Waals surface area contributed by atoms with Crippen molar-refractivity contribution in [3.8, 4) is 5.75 Å². The number of aryl methyl sites for hydroxylation is 1. The Labute approximate surface area is 235 Å². The fourth-order valence-corrected chi connectivity index (χ4v) is 4.68. The summed E-state index contributed by atoms with van der Waals surface area (Å²) in [5.41, 5.74) is 2.93. The minimum Gasteiger partial charge on any atom is -0.494 e. The first-order chi connectivity index (χ1) is 19.5. The van der Waals surface area contributed by atoms with Crippen LogP contribution in [0.4, 0.5) is 13.2 Å². The Hall–Kier alpha value is -4.28. The molecule has 1 aliphatic rings. The van der Waals surface area contributed by atoms with E-state index in [2.05, 4.69) is 4.99 Å². The molecule has 218 valence electrons. The van der Waals surface area contributed by atoms with Crippen molar-refractivity contribution in [1.29, 1.82) is 0 Å². The SMILES string of the molecule is COC(=O)C[C@@H]1Cc2ccc(OCCCN=c3cc(C)ccn3O)cc2CN(Cc2ccc(C(F)(F)F)cc2)C1=O. The normalized spacial score (nSPS) is 15.8. The van der Waals surface area contributed by atoms with E-state index in [0.29, 0.717) is 42.8 Å². The Kier molecular flexibility index (Phi) is 9.36. The molecule has 0 saturated heterocycles. The number of halogens is 3. The van der Waals surface area contributed by atoms with E-state index in [4.69, 9.17) is 9.47 Å². The zero-order chi connectivity index (χ0) is 29.6. The minimum absolute atomic E-state index is 0.0878. The third kappa shape index (κ3) is 7.90. The van der Waals surface area contributed by atoms with E-state index in [1.807, 2.05) is 25.1 Å². The zero-order valence-corrected chi connectivity index (χ0v) is 22.9. The number of carbonyl (C=O) groups excluding carboxylic acids is 2. The predicted octanol–water partition coefficient (Wildman–Crippen LogP) is 4.69. The Morgan fingerprint density at radius 2 is 1.85 bits per heavy atom. The smallest absolute Gasteiger partial charge is 0.416 e. The van der Waals surface area contributed by atoms with Crippen LogP contribution in [0.15, 0.2) is 65.8 Å². The molecule has 4 rings (SSSR count). The number of alkyl halides is 3. The van der Waals surface area contributed by atoms with E-state index in [0.717, 1.165) is 33.6 Å². The number of benzene rings is 2. The van der Waals surface area contributed by atoms with Crippen molar-refractivity contribution >= 4 is 11.9 Å². The standard InChI is InChI=1S/C30H32F3N3O5/c1-20-10-12-36(39)27(14-20)34-11-3-13-41-26-9-6-22-15-23(17-28(37)40-2)29(38)35(19-24(22)16-26)18-21-4-7-25(8-5-21)30(31,32)33/h4-10,12,14,16,23,39H,3,11,13,15,17-19H2,1-2H3/t23-/m0/s1. The van der Waals surface area contributed by atoms with Crippen molar-refractivity contribution in [3.05, 3.63) is 94.1 Å². The van der Waals surface area contributed by atoms with E-state index in [1.54, 1.807) is 17.0 Å². The highest BCUT2D eigenvalue weighted by atomic mass is 19.4. The van der Waals surface area contributed by atoms with E-state index in [-0.39, 0.29) is 25.4 Å². The summed E-state index contributed by atoms with van der Waals surface area (Å²) in [4.78, 5) is 31.5. The molecule has 1 aliphatic heterocycles. The van der Waals surface area contributed by atoms with E-state index in [1.165, 1.54) is 25.4 Å². The number of aromatic nitrogens is 1. The summed E-state index contributed by atoms with van der Waals surface area (Å²) in [6, 6.07) is 13.8. The van der Waals surface area contributed by atoms with E-state index < -0.39 is 23.6 Å². The Bertz CT molecular complexity index is 1450. The number of esters is 1. The molecule has 1 amide bonds. The van der Waals surface area contributed by atoms with Gasteiger partial charge in [-0.2, -0.15) is 17.9 Å². The van der Waals surface area contributed by atoms with Gasteiger partial charge in [0.25, 0.3) is 0 Å². The van der Waals surface area contributed by atoms with Gasteiger partial charge in [0.05, 0.1) is 31.6 Å². The van der Waals surface area contributed by atoms with Crippen molar-refractivity contribution in [2.45, 2.75) is 45.5 Å². The Balaban J connectivity index is 1.48. The van der Waals surface area contributed by atoms with Gasteiger partial charge in [-0.1, -0.05) is 18.2 Å². The second-order valence-corrected chi connectivity index (χ2v) is 9.99. The number of fused-ring (bicyclic) bond motifs is 1. The quantitative estimate of drug-likeness (QED) is 0.229. The van der Waals surface area contributed by atoms with Crippen LogP contribution in [0.3, 0.4) is 0 Å². The van der Waals surface area contributed by atoms with Crippen molar-refractivity contribution in [2.24, 2.45) is 10.9 Å². The average Bonchev–Trinajstić information content (AvgIpc) is 3.06. The molecule has 2 aromatic carbocycles. The van der Waals surface area contributed by atoms with Gasteiger partial charge in [-0.25, -0.2) is 0 Å². The van der Waals surface area contributed by atoms with Gasteiger partial charge in [0, 0.05) is 32.3 Å². The number of hydrogen-bond donors (Lipinski definition) is 1. The molecule has 0 radical (unpaired) electrons. The second-order valence-electron chi connectivity index (χ2n) is 9.99. The third-order valence-corrected chi connectivity index (χ3v) is 6.88. The molecule has 1 aromatic heterocycles. The lowest BCUT2D eigenvalue weighted by molar-refractivity contribution is -0.147. The lowest BCUT2D eigenvalue weighted by Crippen LogP contribution is -2.35. The van der Waals surface area contributed by atoms with Gasteiger partial charge in [0.1, 0.15) is 5.75 Å². The first-order valence-corrected chi connectivity index (χ1v) is 13.2. The molecule has 2 heterocycles. The van der Waals surface area contributed by atoms with Crippen LogP contribution in [-0.2, 0) is 40.0 Å². The average molecular weight is 572 g/mol. The highest BCUT2D eigenvalue weighted by molar-refractivity contribution is 5.84. The highest BCUT2D eigenvalue weighted by Crippen LogP contribution is 2.31. The molecule has 0 saturated carbocycles. The van der Waals surface area contributed by atoms with Gasteiger partial charge in [-0.3, -0.25) is 14.6 Å². The first kappa shape index (κ1) is 29.7. The summed E-state index contributed by atoms with van der Waals surface area (Å²) in [5.74, 6) is -0.843. The molecule has 0 bridgehead atoms. The number of hydrogen-bond acceptors (Lipinski definition) is 6. The second kappa shape index (κ2) is 12.9. The third-order valence-electron chi connectivity index (χ3n) is 6.88. The van der Waals surface area contributed by atoms with Crippen LogP contribution in [0.25, 0.3) is 0 Å². The van der Waals surface area contributed by atoms with Gasteiger partial charge in [0.15, 0.2) is 5.49 Å². The summed E-state index contributed by atoms with van der Waals surface area (Å²) >= 11 is 0. The summed E-state index contributed by atoms with van der Waals surface area (Å²) in [7, 11) is 1.26. The predicted molar refractivity (Wildman–Crippen MR) is 143 cm³/mol. The van der Waals surface area contributed by atoms with Crippen molar-refractivity contribution in [1.82, 2.24) is 9.63 Å². The number of ether oxygens (including phenoxy) is 2. The molecule has 11 heteroatoms. The maximum absolute atomic E-state index is 13.5. The number of amides is 1. The molecule has 0 spiro atoms. The maximum atomic E-state index is 13.5. The van der Waals surface area contributed by atoms with Crippen LogP contribution in [0.2, 0.25) is 0 Å². The van der Waals surface area contributed by atoms with E-state index >= 15 is 0 Å². The fourth-order valence-electron chi connectivity index (χ4n) is 4.68. The number of nitrogens with zero attached hydrogens (tertiary/aromatic N) is 3. The molecule has 3 aromatic rings. The molecule has 8 nitrogen and oxygen atoms in total. The van der Waals surface area contributed by atoms with Crippen LogP contribution in [0, 0.1) is 12.8 Å². The van der Waals surface area contributed by atoms with Gasteiger partial charge in [-0.15, -0.1) is 0 Å². The Morgan fingerprint density at radius 3 is 2.56 bits per heavy atom. The number of rotatable bonds is 9.